The van der Waals surface area contributed by atoms with E-state index in [4.69, 9.17) is 37.9 Å². The minimum Gasteiger partial charge on any atom is -0.463 e. The van der Waals surface area contributed by atoms with Gasteiger partial charge in [0.1, 0.15) is 47.7 Å². The molecule has 0 atom stereocenters. The number of ketones is 6. The maximum absolute atomic E-state index is 11.6. The van der Waals surface area contributed by atoms with Crippen molar-refractivity contribution in [1.29, 1.82) is 0 Å². The second kappa shape index (κ2) is 52.3. The predicted molar refractivity (Wildman–Crippen MR) is 476 cm³/mol. The molecule has 0 aromatic rings. The molecule has 0 rings (SSSR count). The molecule has 0 aliphatic carbocycles. The summed E-state index contributed by atoms with van der Waals surface area (Å²) in [4.78, 5) is 103. The van der Waals surface area contributed by atoms with Crippen LogP contribution in [0.25, 0.3) is 0 Å². The molecule has 0 saturated carbocycles. The first kappa shape index (κ1) is 127. The number of Topliss-reactive ketones (excluding diaryl/α,β-unsaturated/α-hetero) is 6. The molecule has 0 spiro atoms. The van der Waals surface area contributed by atoms with Gasteiger partial charge in [-0.25, -0.2) is 0 Å². The van der Waals surface area contributed by atoms with E-state index in [1.807, 2.05) is 312 Å². The molecule has 0 saturated heterocycles. The molecule has 0 amide bonds. The minimum absolute atomic E-state index is 0.0274. The molecule has 17 nitrogen and oxygen atoms in total. The van der Waals surface area contributed by atoms with E-state index in [2.05, 4.69) is 62.3 Å². The van der Waals surface area contributed by atoms with Crippen LogP contribution < -0.4 is 0 Å². The van der Waals surface area contributed by atoms with Gasteiger partial charge in [-0.3, -0.25) is 43.2 Å². The summed E-state index contributed by atoms with van der Waals surface area (Å²) in [7, 11) is 0. The smallest absolute Gasteiger partial charge is 0.313 e. The van der Waals surface area contributed by atoms with Crippen LogP contribution in [0.2, 0.25) is 0 Å². The van der Waals surface area contributed by atoms with Gasteiger partial charge in [-0.2, -0.15) is 0 Å². The Morgan fingerprint density at radius 2 is 0.478 bits per heavy atom. The lowest BCUT2D eigenvalue weighted by atomic mass is 9.80. The predicted octanol–water partition coefficient (Wildman–Crippen LogP) is 25.8. The van der Waals surface area contributed by atoms with Crippen LogP contribution in [0.3, 0.4) is 0 Å². The van der Waals surface area contributed by atoms with Crippen molar-refractivity contribution < 1.29 is 81.0 Å². The third kappa shape index (κ3) is 102. The average molecular weight is 1620 g/mol. The van der Waals surface area contributed by atoms with E-state index in [1.54, 1.807) is 0 Å². The molecule has 0 heterocycles. The maximum Gasteiger partial charge on any atom is 0.313 e. The number of hydrogen-bond donors (Lipinski definition) is 0. The van der Waals surface area contributed by atoms with Crippen molar-refractivity contribution in [3.63, 3.8) is 0 Å². The lowest BCUT2D eigenvalue weighted by molar-refractivity contribution is -0.175. The first-order chi connectivity index (χ1) is 48.7. The maximum atomic E-state index is 11.6. The standard InChI is InChI=1S/C12H24O2.C12H24O.C11H22O3.C11H22O2.C11H22O.C10H20O3.C10H20O2.C10H20O.C9H18O2/c1-11(2,3)10(13)8-7-9-14-12(4,5)6;1-11(2,3)9-7-8-10(13)12(4,5)6;1-10(2,3)9(12)13-7-8-14-11(4,5)6;1-10(2,3)9(12)7-8-13-11(4,5)6;1-10(2,3)8-7-9(12)11(4,5)6;1-9(2,3)8(11)12-7-13-10(4,5)6;1-9(2,3)8(11)7-12-10(4,5)6;1-9(2,3)7-8(11)10(4,5)6;1-8(2,3)7(10)11-9(4,5)6/h7-9H2,1-6H3;7-9H2,1-6H3;7-8H2,1-6H3;7-8H2,1-6H3;7-8H2,1-6H3;7H2,1-6H3;7H2,1-6H3;7H2,1-6H3;1-6H3. The summed E-state index contributed by atoms with van der Waals surface area (Å²) in [5, 5.41) is 0. The van der Waals surface area contributed by atoms with Crippen LogP contribution in [0.15, 0.2) is 0 Å². The number of carbonyl (C=O) groups excluding carboxylic acids is 9. The Kier molecular flexibility index (Phi) is 59.0. The van der Waals surface area contributed by atoms with E-state index in [0.717, 1.165) is 32.1 Å². The monoisotopic (exact) mass is 1620 g/mol. The molecule has 0 aliphatic heterocycles. The lowest BCUT2D eigenvalue weighted by Crippen LogP contribution is -2.31. The molecular formula is C96H192O17. The normalized spacial score (nSPS) is 13.0. The first-order valence-corrected chi connectivity index (χ1v) is 41.6. The first-order valence-electron chi connectivity index (χ1n) is 41.6. The zero-order valence-corrected chi connectivity index (χ0v) is 85.0. The second-order valence-corrected chi connectivity index (χ2v) is 48.6. The van der Waals surface area contributed by atoms with Gasteiger partial charge in [0.25, 0.3) is 0 Å². The Labute approximate surface area is 700 Å². The van der Waals surface area contributed by atoms with Crippen LogP contribution in [0.4, 0.5) is 0 Å². The van der Waals surface area contributed by atoms with Crippen molar-refractivity contribution >= 4 is 52.6 Å². The third-order valence-corrected chi connectivity index (χ3v) is 14.5. The van der Waals surface area contributed by atoms with Crippen molar-refractivity contribution in [2.75, 3.05) is 39.8 Å². The van der Waals surface area contributed by atoms with E-state index < -0.39 is 16.2 Å². The minimum atomic E-state index is -0.457. The van der Waals surface area contributed by atoms with Gasteiger partial charge in [-0.15, -0.1) is 0 Å². The lowest BCUT2D eigenvalue weighted by Gasteiger charge is -2.25. The summed E-state index contributed by atoms with van der Waals surface area (Å²) in [6.07, 6.45) is 7.25. The van der Waals surface area contributed by atoms with Gasteiger partial charge in [0.05, 0.1) is 57.5 Å². The Hall–Kier alpha value is -3.77. The van der Waals surface area contributed by atoms with Crippen molar-refractivity contribution in [2.24, 2.45) is 65.0 Å². The summed E-state index contributed by atoms with van der Waals surface area (Å²) in [6.45, 7) is 109. The van der Waals surface area contributed by atoms with Crippen LogP contribution in [0, 0.1) is 65.0 Å². The van der Waals surface area contributed by atoms with Gasteiger partial charge in [-0.05, 0) is 229 Å². The van der Waals surface area contributed by atoms with E-state index in [1.165, 1.54) is 0 Å². The zero-order valence-electron chi connectivity index (χ0n) is 85.0. The van der Waals surface area contributed by atoms with E-state index in [0.29, 0.717) is 80.7 Å². The summed E-state index contributed by atoms with van der Waals surface area (Å²) in [6, 6.07) is 0. The number of rotatable bonds is 20. The summed E-state index contributed by atoms with van der Waals surface area (Å²) >= 11 is 0. The SMILES string of the molecule is CC(C)(C)CC(=O)C(C)(C)C.CC(C)(C)CCC(=O)C(C)(C)C.CC(C)(C)CCCC(=O)C(C)(C)C.CC(C)(C)OC(=O)C(C)(C)C.CC(C)(C)OCC(=O)C(C)(C)C.CC(C)(C)OCCC(=O)C(C)(C)C.CC(C)(C)OCCCC(=O)C(C)(C)C.CC(C)(C)OCCOC(=O)C(C)(C)C.CC(C)(C)OCOC(=O)C(C)(C)C. The Morgan fingerprint density at radius 1 is 0.204 bits per heavy atom. The van der Waals surface area contributed by atoms with Gasteiger partial charge in [-0.1, -0.05) is 187 Å². The number of ether oxygens (including phenoxy) is 8. The highest BCUT2D eigenvalue weighted by molar-refractivity contribution is 5.86. The van der Waals surface area contributed by atoms with Gasteiger partial charge < -0.3 is 37.9 Å². The molecule has 17 heteroatoms. The highest BCUT2D eigenvalue weighted by Gasteiger charge is 2.31. The largest absolute Gasteiger partial charge is 0.463 e. The molecule has 678 valence electrons. The van der Waals surface area contributed by atoms with E-state index >= 15 is 0 Å². The highest BCUT2D eigenvalue weighted by Crippen LogP contribution is 2.30. The van der Waals surface area contributed by atoms with Gasteiger partial charge in [0.15, 0.2) is 12.6 Å². The van der Waals surface area contributed by atoms with Crippen molar-refractivity contribution in [3.05, 3.63) is 0 Å². The fraction of sp³-hybridized carbons (Fsp3) is 0.906. The van der Waals surface area contributed by atoms with Gasteiger partial charge in [0.2, 0.25) is 0 Å². The topological polar surface area (TPSA) is 227 Å². The van der Waals surface area contributed by atoms with E-state index in [-0.39, 0.29) is 120 Å². The Balaban J connectivity index is -0.000000154. The van der Waals surface area contributed by atoms with Gasteiger partial charge >= 0.3 is 17.9 Å². The van der Waals surface area contributed by atoms with Crippen LogP contribution in [0.5, 0.6) is 0 Å². The molecule has 0 fully saturated rings. The van der Waals surface area contributed by atoms with Crippen LogP contribution in [-0.2, 0) is 81.0 Å². The highest BCUT2D eigenvalue weighted by atomic mass is 16.7. The summed E-state index contributed by atoms with van der Waals surface area (Å²) in [5.41, 5.74) is -3.00. The van der Waals surface area contributed by atoms with Crippen molar-refractivity contribution in [2.45, 2.75) is 465 Å². The van der Waals surface area contributed by atoms with Crippen molar-refractivity contribution in [1.82, 2.24) is 0 Å². The third-order valence-electron chi connectivity index (χ3n) is 14.5. The molecule has 0 unspecified atom stereocenters. The Bertz CT molecular complexity index is 2430. The van der Waals surface area contributed by atoms with E-state index in [9.17, 15) is 43.2 Å². The molecule has 0 aromatic heterocycles. The number of carbonyl (C=O) groups is 9. The van der Waals surface area contributed by atoms with Crippen LogP contribution >= 0.6 is 0 Å². The van der Waals surface area contributed by atoms with Crippen LogP contribution in [-0.4, -0.2) is 126 Å². The quantitative estimate of drug-likeness (QED) is 0.0478. The van der Waals surface area contributed by atoms with Crippen LogP contribution in [0.1, 0.15) is 432 Å². The fourth-order valence-corrected chi connectivity index (χ4v) is 6.68. The molecule has 113 heavy (non-hydrogen) atoms. The second-order valence-electron chi connectivity index (χ2n) is 48.6. The average Bonchev–Trinajstić information content (AvgIpc) is 0.881. The summed E-state index contributed by atoms with van der Waals surface area (Å²) in [5.74, 6) is 1.26. The summed E-state index contributed by atoms with van der Waals surface area (Å²) < 4.78 is 42.2. The molecule has 0 bridgehead atoms. The molecule has 0 aliphatic rings. The molecule has 0 aromatic carbocycles. The van der Waals surface area contributed by atoms with Gasteiger partial charge in [0, 0.05) is 71.2 Å². The molecule has 0 radical (unpaired) electrons. The fourth-order valence-electron chi connectivity index (χ4n) is 6.68. The van der Waals surface area contributed by atoms with Crippen molar-refractivity contribution in [3.8, 4) is 0 Å². The molecular weight excluding hydrogens is 1430 g/mol. The molecule has 0 N–H and O–H groups in total. The number of esters is 3. The Morgan fingerprint density at radius 3 is 0.735 bits per heavy atom. The number of hydrogen-bond acceptors (Lipinski definition) is 17. The zero-order chi connectivity index (χ0) is 93.5.